The quantitative estimate of drug-likeness (QED) is 0.0232. The van der Waals surface area contributed by atoms with Crippen LogP contribution in [-0.4, -0.2) is 79.5 Å². The van der Waals surface area contributed by atoms with E-state index in [-0.39, 0.29) is 6.61 Å². The second kappa shape index (κ2) is 78.0. The summed E-state index contributed by atoms with van der Waals surface area (Å²) in [5.74, 6) is 0.845. The highest BCUT2D eigenvalue weighted by Crippen LogP contribution is 2.37. The molecule has 0 aliphatic heterocycles. The van der Waals surface area contributed by atoms with Gasteiger partial charge in [0, 0.05) is 19.7 Å². The molecular weight excluding hydrogens is 1130 g/mol. The molecule has 5 N–H and O–H groups in total. The highest BCUT2D eigenvalue weighted by Gasteiger charge is 2.12. The minimum Gasteiger partial charge on any atom is -0.396 e. The maximum Gasteiger partial charge on any atom is 0.469 e. The van der Waals surface area contributed by atoms with Gasteiger partial charge in [-0.15, -0.1) is 22.8 Å². The highest BCUT2D eigenvalue weighted by atomic mass is 32.2. The Hall–Kier alpha value is -2.13. The van der Waals surface area contributed by atoms with Crippen LogP contribution in [0.2, 0.25) is 0 Å². The number of phosphoric acid groups is 1. The van der Waals surface area contributed by atoms with Crippen molar-refractivity contribution in [3.8, 4) is 0 Å². The number of nitrogens with one attached hydrogen (secondary N) is 1. The smallest absolute Gasteiger partial charge is 0.396 e. The maximum absolute atomic E-state index is 10.9. The molecule has 18 heteroatoms. The molecule has 1 unspecified atom stereocenters. The predicted octanol–water partition coefficient (Wildman–Crippen LogP) is 21.1. The van der Waals surface area contributed by atoms with E-state index in [2.05, 4.69) is 101 Å². The molecule has 0 aromatic carbocycles. The number of rotatable bonds is 58. The zero-order valence-electron chi connectivity index (χ0n) is 55.4. The van der Waals surface area contributed by atoms with Crippen molar-refractivity contribution in [3.63, 3.8) is 0 Å². The van der Waals surface area contributed by atoms with Crippen LogP contribution >= 0.6 is 15.4 Å². The molecule has 504 valence electrons. The number of aliphatic hydroxyl groups is 1. The third-order valence-corrected chi connectivity index (χ3v) is 15.3. The van der Waals surface area contributed by atoms with Crippen molar-refractivity contribution in [2.75, 3.05) is 26.5 Å². The molecule has 15 nitrogen and oxygen atoms in total. The molecule has 85 heavy (non-hydrogen) atoms. The summed E-state index contributed by atoms with van der Waals surface area (Å²) in [6.45, 7) is 11.2. The third-order valence-electron chi connectivity index (χ3n) is 14.1. The molecule has 0 radical (unpaired) electrons. The van der Waals surface area contributed by atoms with E-state index in [0.717, 1.165) is 63.6 Å². The van der Waals surface area contributed by atoms with Crippen molar-refractivity contribution in [2.24, 2.45) is 0 Å². The standard InChI is InChI=1S/C18H34N4.C17H35O3P.C16H33O4P.C16H32O.O3S/c1-2-3-4-5-6-7-8-9-10-11-12-13-14-15-16-17-18-19-21-22-20-18;1-3-4-5-6-7-8-9-10-11-12-13-14-15-16-17-20-21(2,18)19;1-2-3-4-5-6-7-8-9-10-11-12-13-14-15-16-20-21(17,18)19;1-2-3-4-5-6-7-8-9-10-11-12-13-14-15-16-17;1-4(2)3/h9-10H,2-8,11-17H2,1H3,(H,19,20,21,22);10-11H,3-9,12-17H2,1-2H3,(H,18,19);9-10H,2-8,11-16H2,1H3,(H2,17,18,19);9-10,17H,2-8,11-16H2,1H3;/b10-9-;11-10-;2*10-9-;. The Labute approximate surface area is 524 Å². The summed E-state index contributed by atoms with van der Waals surface area (Å²) in [5.41, 5.74) is 0. The van der Waals surface area contributed by atoms with Gasteiger partial charge < -0.3 is 24.3 Å². The lowest BCUT2D eigenvalue weighted by molar-refractivity contribution is 0.193. The molecule has 0 amide bonds. The van der Waals surface area contributed by atoms with Gasteiger partial charge in [-0.3, -0.25) is 9.09 Å². The first kappa shape index (κ1) is 89.3. The van der Waals surface area contributed by atoms with Gasteiger partial charge in [0.1, 0.15) is 0 Å². The van der Waals surface area contributed by atoms with E-state index < -0.39 is 26.0 Å². The molecule has 0 aliphatic carbocycles. The summed E-state index contributed by atoms with van der Waals surface area (Å²) in [6.07, 6.45) is 81.7. The number of aliphatic hydroxyl groups excluding tert-OH is 1. The van der Waals surface area contributed by atoms with Gasteiger partial charge in [0.05, 0.1) is 13.2 Å². The average molecular weight is 1270 g/mol. The predicted molar refractivity (Wildman–Crippen MR) is 360 cm³/mol. The van der Waals surface area contributed by atoms with Crippen LogP contribution in [0.4, 0.5) is 0 Å². The second-order valence-corrected chi connectivity index (χ2v) is 26.3. The molecular formula is C67H134N4O11P2S. The van der Waals surface area contributed by atoms with Crippen molar-refractivity contribution >= 4 is 26.0 Å². The van der Waals surface area contributed by atoms with Gasteiger partial charge >= 0.3 is 26.0 Å². The van der Waals surface area contributed by atoms with Crippen molar-refractivity contribution in [1.29, 1.82) is 0 Å². The normalized spacial score (nSPS) is 12.2. The Kier molecular flexibility index (Phi) is 81.9. The summed E-state index contributed by atoms with van der Waals surface area (Å²) in [6, 6.07) is 0. The van der Waals surface area contributed by atoms with E-state index in [0.29, 0.717) is 19.6 Å². The van der Waals surface area contributed by atoms with Gasteiger partial charge in [-0.2, -0.15) is 5.21 Å². The minimum atomic E-state index is -4.26. The van der Waals surface area contributed by atoms with Crippen LogP contribution in [0.5, 0.6) is 0 Å². The number of aromatic amines is 1. The summed E-state index contributed by atoms with van der Waals surface area (Å²) < 4.78 is 55.9. The summed E-state index contributed by atoms with van der Waals surface area (Å²) in [4.78, 5) is 25.9. The molecule has 0 spiro atoms. The zero-order chi connectivity index (χ0) is 63.5. The van der Waals surface area contributed by atoms with E-state index in [4.69, 9.17) is 36.9 Å². The van der Waals surface area contributed by atoms with E-state index >= 15 is 0 Å². The van der Waals surface area contributed by atoms with E-state index in [1.807, 2.05) is 0 Å². The lowest BCUT2D eigenvalue weighted by atomic mass is 10.1. The largest absolute Gasteiger partial charge is 0.469 e. The number of hydrogen-bond donors (Lipinski definition) is 5. The maximum atomic E-state index is 10.9. The van der Waals surface area contributed by atoms with Crippen LogP contribution in [0.3, 0.4) is 0 Å². The third kappa shape index (κ3) is 101. The molecule has 0 aliphatic rings. The topological polar surface area (TPSA) is 239 Å². The van der Waals surface area contributed by atoms with Crippen molar-refractivity contribution < 1.29 is 50.6 Å². The number of tetrazole rings is 1. The Bertz CT molecular complexity index is 1680. The van der Waals surface area contributed by atoms with Gasteiger partial charge in [0.25, 0.3) is 0 Å². The zero-order valence-corrected chi connectivity index (χ0v) is 58.0. The van der Waals surface area contributed by atoms with Gasteiger partial charge in [0.2, 0.25) is 0 Å². The van der Waals surface area contributed by atoms with Gasteiger partial charge in [-0.05, 0) is 128 Å². The Balaban J connectivity index is -0.000000505. The number of aromatic nitrogens is 4. The number of phosphoric ester groups is 1. The Morgan fingerprint density at radius 1 is 0.388 bits per heavy atom. The number of allylic oxidation sites excluding steroid dienone is 8. The number of unbranched alkanes of at least 4 members (excludes halogenated alkanes) is 41. The number of H-pyrrole nitrogens is 1. The van der Waals surface area contributed by atoms with Crippen LogP contribution < -0.4 is 0 Å². The molecule has 0 saturated carbocycles. The molecule has 1 aromatic rings. The first-order chi connectivity index (χ1) is 41.2. The van der Waals surface area contributed by atoms with Gasteiger partial charge in [-0.1, -0.05) is 268 Å². The second-order valence-electron chi connectivity index (χ2n) is 22.7. The first-order valence-electron chi connectivity index (χ1n) is 34.5. The fraction of sp³-hybridized carbons (Fsp3) is 0.866. The fourth-order valence-electron chi connectivity index (χ4n) is 9.06. The van der Waals surface area contributed by atoms with Crippen LogP contribution in [0, 0.1) is 0 Å². The van der Waals surface area contributed by atoms with E-state index in [1.165, 1.54) is 263 Å². The van der Waals surface area contributed by atoms with Gasteiger partial charge in [0.15, 0.2) is 5.82 Å². The SMILES string of the molecule is CCCCCCCC/C=C\CCCCCCCc1nn[nH]n1.CCCCCCCC/C=C\CCCCCCO.CCCCCCCC/C=C\CCCCCCOP(=O)(O)O.CCCCCCCC/C=C\CCCCCCOP(C)(=O)O.O=S(=O)=O. The lowest BCUT2D eigenvalue weighted by Gasteiger charge is -2.05. The summed E-state index contributed by atoms with van der Waals surface area (Å²) >= 11 is 0. The van der Waals surface area contributed by atoms with E-state index in [1.54, 1.807) is 0 Å². The number of nitrogens with zero attached hydrogens (tertiary/aromatic N) is 3. The van der Waals surface area contributed by atoms with Crippen LogP contribution in [-0.2, 0) is 35.2 Å². The minimum absolute atomic E-state index is 0.151. The molecule has 1 rings (SSSR count). The Morgan fingerprint density at radius 3 is 0.882 bits per heavy atom. The monoisotopic (exact) mass is 1260 g/mol. The van der Waals surface area contributed by atoms with E-state index in [9.17, 15) is 9.13 Å². The van der Waals surface area contributed by atoms with Gasteiger partial charge in [-0.25, -0.2) is 4.57 Å². The molecule has 0 saturated heterocycles. The molecule has 1 atom stereocenters. The highest BCUT2D eigenvalue weighted by molar-refractivity contribution is 7.59. The Morgan fingerprint density at radius 2 is 0.635 bits per heavy atom. The first-order valence-corrected chi connectivity index (χ1v) is 39.1. The molecule has 0 bridgehead atoms. The number of aryl methyl sites for hydroxylation is 1. The molecule has 1 aromatic heterocycles. The van der Waals surface area contributed by atoms with Crippen LogP contribution in [0.1, 0.15) is 348 Å². The van der Waals surface area contributed by atoms with Crippen molar-refractivity contribution in [2.45, 2.75) is 349 Å². The number of hydrogen-bond acceptors (Lipinski definition) is 11. The van der Waals surface area contributed by atoms with Crippen LogP contribution in [0.15, 0.2) is 48.6 Å². The summed E-state index contributed by atoms with van der Waals surface area (Å²) in [5, 5.41) is 22.6. The van der Waals surface area contributed by atoms with Crippen LogP contribution in [0.25, 0.3) is 0 Å². The lowest BCUT2D eigenvalue weighted by Crippen LogP contribution is -1.92. The summed E-state index contributed by atoms with van der Waals surface area (Å²) in [7, 11) is -10.6. The fourth-order valence-corrected chi connectivity index (χ4v) is 9.89. The molecule has 1 heterocycles. The molecule has 0 fully saturated rings. The van der Waals surface area contributed by atoms with Crippen molar-refractivity contribution in [3.05, 3.63) is 54.4 Å². The van der Waals surface area contributed by atoms with Crippen molar-refractivity contribution in [1.82, 2.24) is 20.6 Å². The average Bonchev–Trinajstić information content (AvgIpc) is 3.99.